The summed E-state index contributed by atoms with van der Waals surface area (Å²) in [6, 6.07) is 15.0. The highest BCUT2D eigenvalue weighted by atomic mass is 35.5. The fraction of sp³-hybridized carbons (Fsp3) is 0.333. The molecule has 4 rings (SSSR count). The fourth-order valence-corrected chi connectivity index (χ4v) is 4.74. The quantitative estimate of drug-likeness (QED) is 0.713. The Morgan fingerprint density at radius 1 is 0.929 bits per heavy atom. The number of rotatable bonds is 4. The number of hydrogen-bond donors (Lipinski definition) is 2. The number of halogens is 2. The lowest BCUT2D eigenvalue weighted by Gasteiger charge is -2.32. The summed E-state index contributed by atoms with van der Waals surface area (Å²) in [4.78, 5) is 29.5. The number of piperazine rings is 1. The average Bonchev–Trinajstić information content (AvgIpc) is 2.97. The zero-order valence-corrected chi connectivity index (χ0v) is 17.0. The largest absolute Gasteiger partial charge is 0.322 e. The molecule has 2 heterocycles. The second-order valence-corrected chi connectivity index (χ2v) is 8.40. The SMILES string of the molecule is O=C1C[C@@H]([NH+]2CC[NH+](Cc3ccccc3)CC2)C(=O)N1c1cc(Cl)cc(Cl)c1. The van der Waals surface area contributed by atoms with Crippen LogP contribution < -0.4 is 14.7 Å². The molecule has 146 valence electrons. The van der Waals surface area contributed by atoms with Crippen molar-refractivity contribution in [3.8, 4) is 0 Å². The van der Waals surface area contributed by atoms with E-state index < -0.39 is 0 Å². The van der Waals surface area contributed by atoms with Crippen LogP contribution in [0.4, 0.5) is 5.69 Å². The number of benzene rings is 2. The molecule has 5 nitrogen and oxygen atoms in total. The highest BCUT2D eigenvalue weighted by Gasteiger charge is 2.47. The van der Waals surface area contributed by atoms with Crippen molar-refractivity contribution in [3.05, 3.63) is 64.1 Å². The molecule has 0 unspecified atom stereocenters. The van der Waals surface area contributed by atoms with Gasteiger partial charge in [-0.25, -0.2) is 4.90 Å². The van der Waals surface area contributed by atoms with Gasteiger partial charge in [-0.1, -0.05) is 53.5 Å². The molecule has 0 saturated carbocycles. The number of carbonyl (C=O) groups is 2. The highest BCUT2D eigenvalue weighted by molar-refractivity contribution is 6.35. The van der Waals surface area contributed by atoms with E-state index in [-0.39, 0.29) is 24.3 Å². The highest BCUT2D eigenvalue weighted by Crippen LogP contribution is 2.28. The van der Waals surface area contributed by atoms with E-state index in [0.717, 1.165) is 32.7 Å². The first-order valence-electron chi connectivity index (χ1n) is 9.56. The number of hydrogen-bond acceptors (Lipinski definition) is 2. The van der Waals surface area contributed by atoms with E-state index in [2.05, 4.69) is 24.3 Å². The van der Waals surface area contributed by atoms with Gasteiger partial charge in [0.05, 0.1) is 12.1 Å². The molecule has 0 bridgehead atoms. The lowest BCUT2D eigenvalue weighted by atomic mass is 10.1. The first kappa shape index (κ1) is 19.4. The van der Waals surface area contributed by atoms with Crippen molar-refractivity contribution in [2.45, 2.75) is 19.0 Å². The lowest BCUT2D eigenvalue weighted by molar-refractivity contribution is -1.02. The van der Waals surface area contributed by atoms with Crippen molar-refractivity contribution in [2.75, 3.05) is 31.1 Å². The molecule has 1 atom stereocenters. The Kier molecular flexibility index (Phi) is 5.69. The standard InChI is InChI=1S/C21H21Cl2N3O2/c22-16-10-17(23)12-18(11-16)26-20(27)13-19(21(26)28)25-8-6-24(7-9-25)14-15-4-2-1-3-5-15/h1-5,10-12,19H,6-9,13-14H2/p+2/t19-/m1/s1. The Bertz CT molecular complexity index is 862. The van der Waals surface area contributed by atoms with Crippen molar-refractivity contribution in [1.82, 2.24) is 0 Å². The molecule has 2 aromatic rings. The van der Waals surface area contributed by atoms with Crippen LogP contribution in [0.1, 0.15) is 12.0 Å². The molecule has 2 N–H and O–H groups in total. The van der Waals surface area contributed by atoms with E-state index in [4.69, 9.17) is 23.2 Å². The second kappa shape index (κ2) is 8.21. The number of quaternary nitrogens is 2. The molecule has 0 radical (unpaired) electrons. The van der Waals surface area contributed by atoms with E-state index in [0.29, 0.717) is 15.7 Å². The van der Waals surface area contributed by atoms with Crippen molar-refractivity contribution in [1.29, 1.82) is 0 Å². The molecule has 0 spiro atoms. The van der Waals surface area contributed by atoms with Gasteiger partial charge in [0, 0.05) is 15.6 Å². The van der Waals surface area contributed by atoms with Crippen LogP contribution in [-0.4, -0.2) is 44.0 Å². The smallest absolute Gasteiger partial charge is 0.292 e. The number of nitrogens with one attached hydrogen (secondary N) is 2. The van der Waals surface area contributed by atoms with Gasteiger partial charge in [-0.3, -0.25) is 9.59 Å². The predicted molar refractivity (Wildman–Crippen MR) is 109 cm³/mol. The summed E-state index contributed by atoms with van der Waals surface area (Å²) in [5.41, 5.74) is 1.79. The molecule has 0 aromatic heterocycles. The Hall–Kier alpha value is -1.92. The molecule has 2 fully saturated rings. The van der Waals surface area contributed by atoms with Gasteiger partial charge in [0.25, 0.3) is 5.91 Å². The summed E-state index contributed by atoms with van der Waals surface area (Å²) in [5.74, 6) is -0.329. The van der Waals surface area contributed by atoms with Crippen molar-refractivity contribution in [3.63, 3.8) is 0 Å². The first-order valence-corrected chi connectivity index (χ1v) is 10.3. The van der Waals surface area contributed by atoms with Gasteiger partial charge in [0.1, 0.15) is 32.7 Å². The zero-order valence-electron chi connectivity index (χ0n) is 15.5. The van der Waals surface area contributed by atoms with Gasteiger partial charge < -0.3 is 9.80 Å². The van der Waals surface area contributed by atoms with Gasteiger partial charge in [0.15, 0.2) is 6.04 Å². The van der Waals surface area contributed by atoms with E-state index in [1.54, 1.807) is 18.2 Å². The molecule has 2 aromatic carbocycles. The summed E-state index contributed by atoms with van der Waals surface area (Å²) < 4.78 is 0. The predicted octanol–water partition coefficient (Wildman–Crippen LogP) is 0.609. The van der Waals surface area contributed by atoms with Gasteiger partial charge in [-0.15, -0.1) is 0 Å². The Balaban J connectivity index is 1.40. The molecule has 2 aliphatic heterocycles. The normalized spacial score (nSPS) is 25.4. The number of imide groups is 1. The van der Waals surface area contributed by atoms with Crippen molar-refractivity contribution < 1.29 is 19.4 Å². The topological polar surface area (TPSA) is 46.3 Å². The minimum atomic E-state index is -0.316. The first-order chi connectivity index (χ1) is 13.5. The second-order valence-electron chi connectivity index (χ2n) is 7.52. The lowest BCUT2D eigenvalue weighted by Crippen LogP contribution is -3.29. The third kappa shape index (κ3) is 4.08. The Labute approximate surface area is 174 Å². The van der Waals surface area contributed by atoms with Crippen LogP contribution in [-0.2, 0) is 16.1 Å². The van der Waals surface area contributed by atoms with Crippen LogP contribution in [0.2, 0.25) is 10.0 Å². The third-order valence-electron chi connectivity index (χ3n) is 5.64. The minimum Gasteiger partial charge on any atom is -0.322 e. The Morgan fingerprint density at radius 2 is 1.57 bits per heavy atom. The van der Waals surface area contributed by atoms with Crippen LogP contribution >= 0.6 is 23.2 Å². The fourth-order valence-electron chi connectivity index (χ4n) is 4.22. The average molecular weight is 420 g/mol. The van der Waals surface area contributed by atoms with Gasteiger partial charge in [0.2, 0.25) is 5.91 Å². The van der Waals surface area contributed by atoms with E-state index in [1.165, 1.54) is 20.3 Å². The van der Waals surface area contributed by atoms with Crippen LogP contribution in [0.3, 0.4) is 0 Å². The van der Waals surface area contributed by atoms with Gasteiger partial charge >= 0.3 is 0 Å². The van der Waals surface area contributed by atoms with Gasteiger partial charge in [-0.2, -0.15) is 0 Å². The van der Waals surface area contributed by atoms with Crippen LogP contribution in [0.25, 0.3) is 0 Å². The van der Waals surface area contributed by atoms with Gasteiger partial charge in [-0.05, 0) is 18.2 Å². The molecule has 28 heavy (non-hydrogen) atoms. The van der Waals surface area contributed by atoms with Crippen LogP contribution in [0.15, 0.2) is 48.5 Å². The van der Waals surface area contributed by atoms with E-state index in [1.807, 2.05) is 6.07 Å². The summed E-state index contributed by atoms with van der Waals surface area (Å²) in [6.07, 6.45) is 0.242. The summed E-state index contributed by atoms with van der Waals surface area (Å²) in [7, 11) is 0. The summed E-state index contributed by atoms with van der Waals surface area (Å²) in [6.45, 7) is 4.75. The molecule has 2 amide bonds. The van der Waals surface area contributed by atoms with E-state index in [9.17, 15) is 9.59 Å². The molecule has 2 aliphatic rings. The maximum Gasteiger partial charge on any atom is 0.292 e. The summed E-state index contributed by atoms with van der Waals surface area (Å²) >= 11 is 12.1. The van der Waals surface area contributed by atoms with Crippen LogP contribution in [0.5, 0.6) is 0 Å². The monoisotopic (exact) mass is 419 g/mol. The number of anilines is 1. The third-order valence-corrected chi connectivity index (χ3v) is 6.08. The van der Waals surface area contributed by atoms with Crippen molar-refractivity contribution in [2.24, 2.45) is 0 Å². The maximum absolute atomic E-state index is 13.0. The minimum absolute atomic E-state index is 0.148. The molecular weight excluding hydrogens is 397 g/mol. The number of amides is 2. The van der Waals surface area contributed by atoms with E-state index >= 15 is 0 Å². The molecular formula is C21H23Cl2N3O2+2. The molecule has 7 heteroatoms. The van der Waals surface area contributed by atoms with Crippen LogP contribution in [0, 0.1) is 0 Å². The summed E-state index contributed by atoms with van der Waals surface area (Å²) in [5, 5.41) is 0.828. The number of carbonyl (C=O) groups excluding carboxylic acids is 2. The van der Waals surface area contributed by atoms with Crippen molar-refractivity contribution >= 4 is 40.7 Å². The molecule has 0 aliphatic carbocycles. The zero-order chi connectivity index (χ0) is 19.7. The molecule has 2 saturated heterocycles. The Morgan fingerprint density at radius 3 is 2.21 bits per heavy atom. The maximum atomic E-state index is 13.0. The number of nitrogens with zero attached hydrogens (tertiary/aromatic N) is 1.